The maximum absolute atomic E-state index is 2.67. The Morgan fingerprint density at radius 1 is 0.895 bits per heavy atom. The first-order chi connectivity index (χ1) is 8.76. The van der Waals surface area contributed by atoms with Crippen LogP contribution < -0.4 is 0 Å². The van der Waals surface area contributed by atoms with E-state index in [0.29, 0.717) is 21.7 Å². The molecule has 6 saturated carbocycles. The maximum Gasteiger partial charge on any atom is -0.0114 e. The highest BCUT2D eigenvalue weighted by molar-refractivity contribution is 5.34. The summed E-state index contributed by atoms with van der Waals surface area (Å²) in [5.74, 6) is 4.00. The second kappa shape index (κ2) is 3.25. The van der Waals surface area contributed by atoms with E-state index < -0.39 is 0 Å². The van der Waals surface area contributed by atoms with E-state index in [1.807, 2.05) is 5.92 Å². The van der Waals surface area contributed by atoms with E-state index in [9.17, 15) is 0 Å². The second-order valence-electron chi connectivity index (χ2n) is 9.57. The molecule has 19 heavy (non-hydrogen) atoms. The molecule has 0 aromatic carbocycles. The molecule has 6 rings (SSSR count). The van der Waals surface area contributed by atoms with E-state index in [1.165, 1.54) is 38.5 Å². The summed E-state index contributed by atoms with van der Waals surface area (Å²) in [6, 6.07) is 0. The van der Waals surface area contributed by atoms with Crippen molar-refractivity contribution in [3.05, 3.63) is 5.92 Å². The molecule has 0 aromatic rings. The molecule has 0 N–H and O–H groups in total. The summed E-state index contributed by atoms with van der Waals surface area (Å²) in [5, 5.41) is 0. The lowest BCUT2D eigenvalue weighted by Crippen LogP contribution is -2.71. The number of rotatable bonds is 1. The van der Waals surface area contributed by atoms with Crippen molar-refractivity contribution in [1.29, 1.82) is 0 Å². The molecule has 0 heteroatoms. The van der Waals surface area contributed by atoms with Gasteiger partial charge in [0.2, 0.25) is 0 Å². The topological polar surface area (TPSA) is 0 Å². The molecule has 0 saturated heterocycles. The lowest BCUT2D eigenvalue weighted by atomic mass is 9.26. The summed E-state index contributed by atoms with van der Waals surface area (Å²) in [6.45, 7) is 12.9. The van der Waals surface area contributed by atoms with Crippen molar-refractivity contribution >= 4 is 0 Å². The summed E-state index contributed by atoms with van der Waals surface area (Å²) in [4.78, 5) is 0. The van der Waals surface area contributed by atoms with Crippen LogP contribution in [0.1, 0.15) is 79.6 Å². The number of hydrogen-bond acceptors (Lipinski definition) is 0. The third-order valence-corrected chi connectivity index (χ3v) is 8.97. The van der Waals surface area contributed by atoms with E-state index in [-0.39, 0.29) is 0 Å². The van der Waals surface area contributed by atoms with Gasteiger partial charge < -0.3 is 0 Å². The fourth-order valence-electron chi connectivity index (χ4n) is 7.37. The Labute approximate surface area is 119 Å². The van der Waals surface area contributed by atoms with Crippen LogP contribution in [0.25, 0.3) is 0 Å². The van der Waals surface area contributed by atoms with Crippen LogP contribution >= 0.6 is 0 Å². The summed E-state index contributed by atoms with van der Waals surface area (Å²) < 4.78 is 0. The fraction of sp³-hybridized carbons (Fsp3) is 0.947. The molecule has 4 unspecified atom stereocenters. The Balaban J connectivity index is 1.75. The molecule has 0 nitrogen and oxygen atoms in total. The highest BCUT2D eigenvalue weighted by Crippen LogP contribution is 2.82. The zero-order valence-electron chi connectivity index (χ0n) is 13.6. The quantitative estimate of drug-likeness (QED) is 0.573. The lowest BCUT2D eigenvalue weighted by molar-refractivity contribution is -0.254. The normalized spacial score (nSPS) is 54.2. The molecular formula is C19H31. The lowest BCUT2D eigenvalue weighted by Gasteiger charge is -2.78. The van der Waals surface area contributed by atoms with Gasteiger partial charge in [-0.2, -0.15) is 0 Å². The van der Waals surface area contributed by atoms with Crippen molar-refractivity contribution in [3.8, 4) is 0 Å². The molecule has 0 aromatic heterocycles. The molecule has 1 radical (unpaired) electrons. The van der Waals surface area contributed by atoms with Crippen molar-refractivity contribution in [2.24, 2.45) is 33.5 Å². The highest BCUT2D eigenvalue weighted by Gasteiger charge is 2.74. The standard InChI is InChI=1S/C19H31/c1-16(2)13-8-10-18(5,15(16)11-13)19-9-6-7-14(12-19)17(19,3)4/h13-14H,6-12H2,1-5H3. The van der Waals surface area contributed by atoms with Gasteiger partial charge in [0.25, 0.3) is 0 Å². The van der Waals surface area contributed by atoms with Crippen LogP contribution in [-0.2, 0) is 0 Å². The summed E-state index contributed by atoms with van der Waals surface area (Å²) in [5.41, 5.74) is 2.37. The van der Waals surface area contributed by atoms with Crippen molar-refractivity contribution in [2.75, 3.05) is 0 Å². The predicted molar refractivity (Wildman–Crippen MR) is 80.6 cm³/mol. The molecular weight excluding hydrogens is 228 g/mol. The third kappa shape index (κ3) is 1.12. The molecule has 0 aliphatic heterocycles. The Hall–Kier alpha value is 0. The molecule has 6 aliphatic rings. The molecule has 107 valence electrons. The zero-order valence-corrected chi connectivity index (χ0v) is 13.6. The van der Waals surface area contributed by atoms with E-state index in [0.717, 1.165) is 11.8 Å². The van der Waals surface area contributed by atoms with Gasteiger partial charge in [-0.3, -0.25) is 0 Å². The van der Waals surface area contributed by atoms with Gasteiger partial charge in [-0.1, -0.05) is 41.0 Å². The SMILES string of the molecule is CC1(C)[C]2CC1CCC2(C)C12CCCC(C1)C2(C)C. The van der Waals surface area contributed by atoms with Gasteiger partial charge in [0.1, 0.15) is 0 Å². The van der Waals surface area contributed by atoms with Crippen LogP contribution in [0.15, 0.2) is 0 Å². The zero-order chi connectivity index (χ0) is 13.7. The van der Waals surface area contributed by atoms with Crippen molar-refractivity contribution < 1.29 is 0 Å². The fourth-order valence-corrected chi connectivity index (χ4v) is 7.37. The highest BCUT2D eigenvalue weighted by atomic mass is 14.8. The molecule has 0 spiro atoms. The van der Waals surface area contributed by atoms with Gasteiger partial charge >= 0.3 is 0 Å². The van der Waals surface area contributed by atoms with Crippen molar-refractivity contribution in [2.45, 2.75) is 79.6 Å². The predicted octanol–water partition coefficient (Wildman–Crippen LogP) is 5.62. The summed E-state index contributed by atoms with van der Waals surface area (Å²) in [7, 11) is 0. The second-order valence-corrected chi connectivity index (χ2v) is 9.57. The molecule has 4 bridgehead atoms. The van der Waals surface area contributed by atoms with Crippen LogP contribution in [-0.4, -0.2) is 0 Å². The first kappa shape index (κ1) is 12.7. The Bertz CT molecular complexity index is 412. The van der Waals surface area contributed by atoms with Crippen LogP contribution in [0, 0.1) is 39.4 Å². The van der Waals surface area contributed by atoms with Crippen LogP contribution in [0.4, 0.5) is 0 Å². The van der Waals surface area contributed by atoms with Gasteiger partial charge in [-0.25, -0.2) is 0 Å². The molecule has 6 aliphatic carbocycles. The summed E-state index contributed by atoms with van der Waals surface area (Å²) >= 11 is 0. The van der Waals surface area contributed by atoms with Crippen LogP contribution in [0.2, 0.25) is 0 Å². The van der Waals surface area contributed by atoms with Crippen molar-refractivity contribution in [1.82, 2.24) is 0 Å². The Morgan fingerprint density at radius 2 is 1.63 bits per heavy atom. The minimum absolute atomic E-state index is 0.556. The third-order valence-electron chi connectivity index (χ3n) is 8.97. The maximum atomic E-state index is 2.67. The Morgan fingerprint density at radius 3 is 2.16 bits per heavy atom. The van der Waals surface area contributed by atoms with E-state index in [1.54, 1.807) is 6.42 Å². The smallest absolute Gasteiger partial charge is 0.0114 e. The molecule has 6 fully saturated rings. The van der Waals surface area contributed by atoms with Crippen molar-refractivity contribution in [3.63, 3.8) is 0 Å². The Kier molecular flexibility index (Phi) is 2.18. The average Bonchev–Trinajstić information content (AvgIpc) is 2.38. The molecule has 4 atom stereocenters. The first-order valence-electron chi connectivity index (χ1n) is 8.62. The van der Waals surface area contributed by atoms with Gasteiger partial charge in [-0.05, 0) is 77.9 Å². The largest absolute Gasteiger partial charge is 0.0591 e. The molecule has 0 amide bonds. The van der Waals surface area contributed by atoms with Gasteiger partial charge in [0, 0.05) is 0 Å². The van der Waals surface area contributed by atoms with Gasteiger partial charge in [-0.15, -0.1) is 0 Å². The van der Waals surface area contributed by atoms with E-state index in [4.69, 9.17) is 0 Å². The van der Waals surface area contributed by atoms with Gasteiger partial charge in [0.05, 0.1) is 0 Å². The monoisotopic (exact) mass is 259 g/mol. The minimum atomic E-state index is 0.556. The summed E-state index contributed by atoms with van der Waals surface area (Å²) in [6.07, 6.45) is 10.5. The van der Waals surface area contributed by atoms with E-state index >= 15 is 0 Å². The number of hydrogen-bond donors (Lipinski definition) is 0. The molecule has 0 heterocycles. The van der Waals surface area contributed by atoms with Crippen LogP contribution in [0.5, 0.6) is 0 Å². The first-order valence-corrected chi connectivity index (χ1v) is 8.62. The van der Waals surface area contributed by atoms with Gasteiger partial charge in [0.15, 0.2) is 0 Å². The average molecular weight is 259 g/mol. The van der Waals surface area contributed by atoms with Crippen LogP contribution in [0.3, 0.4) is 0 Å². The number of fused-ring (bicyclic) bond motifs is 4. The minimum Gasteiger partial charge on any atom is -0.0591 e. The van der Waals surface area contributed by atoms with E-state index in [2.05, 4.69) is 34.6 Å².